The first kappa shape index (κ1) is 23.1. The Bertz CT molecular complexity index is 1330. The SMILES string of the molecule is Cc1c(NC(=O)c2ccc(SCc3cn4ccccc4n3)cc2)cccc1C(=O)N1CCOCC1. The van der Waals surface area contributed by atoms with Gasteiger partial charge in [-0.05, 0) is 61.0 Å². The van der Waals surface area contributed by atoms with Gasteiger partial charge < -0.3 is 19.4 Å². The molecule has 0 bridgehead atoms. The monoisotopic (exact) mass is 486 g/mol. The molecule has 0 atom stereocenters. The number of hydrogen-bond acceptors (Lipinski definition) is 5. The largest absolute Gasteiger partial charge is 0.378 e. The highest BCUT2D eigenvalue weighted by Crippen LogP contribution is 2.25. The number of imidazole rings is 1. The lowest BCUT2D eigenvalue weighted by atomic mass is 10.0. The zero-order chi connectivity index (χ0) is 24.2. The molecule has 1 aliphatic rings. The van der Waals surface area contributed by atoms with Crippen LogP contribution in [0.1, 0.15) is 32.0 Å². The van der Waals surface area contributed by atoms with Crippen LogP contribution < -0.4 is 5.32 Å². The topological polar surface area (TPSA) is 75.9 Å². The van der Waals surface area contributed by atoms with Crippen molar-refractivity contribution in [2.75, 3.05) is 31.6 Å². The molecular weight excluding hydrogens is 460 g/mol. The lowest BCUT2D eigenvalue weighted by Gasteiger charge is -2.27. The van der Waals surface area contributed by atoms with Gasteiger partial charge in [-0.1, -0.05) is 12.1 Å². The van der Waals surface area contributed by atoms with Gasteiger partial charge in [0.25, 0.3) is 11.8 Å². The summed E-state index contributed by atoms with van der Waals surface area (Å²) in [4.78, 5) is 33.3. The maximum absolute atomic E-state index is 12.9. The summed E-state index contributed by atoms with van der Waals surface area (Å²) in [5.74, 6) is 0.506. The second kappa shape index (κ2) is 10.3. The van der Waals surface area contributed by atoms with Crippen molar-refractivity contribution in [1.29, 1.82) is 0 Å². The Morgan fingerprint density at radius 3 is 2.60 bits per heavy atom. The zero-order valence-electron chi connectivity index (χ0n) is 19.4. The van der Waals surface area contributed by atoms with E-state index in [0.717, 1.165) is 27.6 Å². The van der Waals surface area contributed by atoms with Crippen molar-refractivity contribution in [3.05, 3.63) is 95.4 Å². The summed E-state index contributed by atoms with van der Waals surface area (Å²) in [6.07, 6.45) is 4.02. The molecule has 0 unspecified atom stereocenters. The number of hydrogen-bond donors (Lipinski definition) is 1. The van der Waals surface area contributed by atoms with E-state index in [1.807, 2.05) is 72.2 Å². The number of pyridine rings is 1. The molecule has 0 spiro atoms. The molecule has 178 valence electrons. The molecular formula is C27H26N4O3S. The number of anilines is 1. The van der Waals surface area contributed by atoms with Gasteiger partial charge in [0, 0.05) is 52.9 Å². The predicted octanol–water partition coefficient (Wildman–Crippen LogP) is 4.66. The Hall–Kier alpha value is -3.62. The van der Waals surface area contributed by atoms with Gasteiger partial charge in [-0.2, -0.15) is 0 Å². The van der Waals surface area contributed by atoms with Crippen molar-refractivity contribution in [3.63, 3.8) is 0 Å². The maximum atomic E-state index is 12.9. The molecule has 1 aliphatic heterocycles. The van der Waals surface area contributed by atoms with Crippen molar-refractivity contribution >= 4 is 34.9 Å². The van der Waals surface area contributed by atoms with Crippen LogP contribution in [-0.4, -0.2) is 52.4 Å². The van der Waals surface area contributed by atoms with Crippen molar-refractivity contribution in [2.45, 2.75) is 17.6 Å². The van der Waals surface area contributed by atoms with Gasteiger partial charge in [-0.15, -0.1) is 11.8 Å². The molecule has 0 radical (unpaired) electrons. The van der Waals surface area contributed by atoms with Crippen molar-refractivity contribution in [3.8, 4) is 0 Å². The van der Waals surface area contributed by atoms with Crippen LogP contribution in [0, 0.1) is 6.92 Å². The molecule has 2 amide bonds. The number of amides is 2. The summed E-state index contributed by atoms with van der Waals surface area (Å²) in [7, 11) is 0. The Kier molecular flexibility index (Phi) is 6.83. The van der Waals surface area contributed by atoms with E-state index in [1.165, 1.54) is 0 Å². The minimum Gasteiger partial charge on any atom is -0.378 e. The Morgan fingerprint density at radius 1 is 1.03 bits per heavy atom. The fourth-order valence-corrected chi connectivity index (χ4v) is 4.83. The molecule has 3 heterocycles. The molecule has 0 aliphatic carbocycles. The van der Waals surface area contributed by atoms with Crippen molar-refractivity contribution in [1.82, 2.24) is 14.3 Å². The average Bonchev–Trinajstić information content (AvgIpc) is 3.32. The number of nitrogens with zero attached hydrogens (tertiary/aromatic N) is 3. The van der Waals surface area contributed by atoms with Crippen LogP contribution in [0.4, 0.5) is 5.69 Å². The summed E-state index contributed by atoms with van der Waals surface area (Å²) in [5, 5.41) is 2.96. The standard InChI is InChI=1S/C27H26N4O3S/c1-19-23(27(33)30-13-15-34-16-14-30)5-4-6-24(19)29-26(32)20-8-10-22(11-9-20)35-18-21-17-31-12-3-2-7-25(31)28-21/h2-12,17H,13-16,18H2,1H3,(H,29,32). The van der Waals surface area contributed by atoms with Crippen LogP contribution in [0.15, 0.2) is 78.0 Å². The smallest absolute Gasteiger partial charge is 0.255 e. The highest BCUT2D eigenvalue weighted by atomic mass is 32.2. The molecule has 4 aromatic rings. The van der Waals surface area contributed by atoms with E-state index < -0.39 is 0 Å². The number of morpholine rings is 1. The fraction of sp³-hybridized carbons (Fsp3) is 0.222. The highest BCUT2D eigenvalue weighted by molar-refractivity contribution is 7.98. The lowest BCUT2D eigenvalue weighted by molar-refractivity contribution is 0.0302. The van der Waals surface area contributed by atoms with Gasteiger partial charge in [0.15, 0.2) is 0 Å². The third-order valence-electron chi connectivity index (χ3n) is 6.03. The van der Waals surface area contributed by atoms with E-state index in [-0.39, 0.29) is 11.8 Å². The summed E-state index contributed by atoms with van der Waals surface area (Å²) in [5.41, 5.74) is 4.50. The van der Waals surface area contributed by atoms with Gasteiger partial charge in [-0.25, -0.2) is 4.98 Å². The number of rotatable bonds is 6. The number of carbonyl (C=O) groups excluding carboxylic acids is 2. The summed E-state index contributed by atoms with van der Waals surface area (Å²) in [6.45, 7) is 4.12. The lowest BCUT2D eigenvalue weighted by Crippen LogP contribution is -2.41. The molecule has 8 heteroatoms. The first-order valence-electron chi connectivity index (χ1n) is 11.5. The fourth-order valence-electron chi connectivity index (χ4n) is 4.05. The van der Waals surface area contributed by atoms with Gasteiger partial charge >= 0.3 is 0 Å². The summed E-state index contributed by atoms with van der Waals surface area (Å²) in [6, 6.07) is 18.9. The van der Waals surface area contributed by atoms with E-state index in [2.05, 4.69) is 10.3 Å². The zero-order valence-corrected chi connectivity index (χ0v) is 20.3. The van der Waals surface area contributed by atoms with Crippen LogP contribution in [0.2, 0.25) is 0 Å². The quantitative estimate of drug-likeness (QED) is 0.401. The minimum absolute atomic E-state index is 0.0334. The number of fused-ring (bicyclic) bond motifs is 1. The number of aromatic nitrogens is 2. The van der Waals surface area contributed by atoms with E-state index in [0.29, 0.717) is 43.1 Å². The Labute approximate surface area is 208 Å². The van der Waals surface area contributed by atoms with Crippen LogP contribution in [0.3, 0.4) is 0 Å². The second-order valence-electron chi connectivity index (χ2n) is 8.35. The van der Waals surface area contributed by atoms with Gasteiger partial charge in [0.1, 0.15) is 5.65 Å². The van der Waals surface area contributed by atoms with Gasteiger partial charge in [0.05, 0.1) is 18.9 Å². The molecule has 2 aromatic heterocycles. The summed E-state index contributed by atoms with van der Waals surface area (Å²) >= 11 is 1.68. The van der Waals surface area contributed by atoms with Gasteiger partial charge in [-0.3, -0.25) is 9.59 Å². The van der Waals surface area contributed by atoms with E-state index in [4.69, 9.17) is 4.74 Å². The van der Waals surface area contributed by atoms with Crippen LogP contribution >= 0.6 is 11.8 Å². The predicted molar refractivity (Wildman–Crippen MR) is 137 cm³/mol. The van der Waals surface area contributed by atoms with Gasteiger partial charge in [0.2, 0.25) is 0 Å². The normalized spacial score (nSPS) is 13.7. The first-order valence-corrected chi connectivity index (χ1v) is 12.5. The van der Waals surface area contributed by atoms with Crippen molar-refractivity contribution in [2.24, 2.45) is 0 Å². The molecule has 0 saturated carbocycles. The average molecular weight is 487 g/mol. The Morgan fingerprint density at radius 2 is 1.83 bits per heavy atom. The van der Waals surface area contributed by atoms with E-state index >= 15 is 0 Å². The Balaban J connectivity index is 1.22. The maximum Gasteiger partial charge on any atom is 0.255 e. The third-order valence-corrected chi connectivity index (χ3v) is 7.07. The molecule has 2 aromatic carbocycles. The highest BCUT2D eigenvalue weighted by Gasteiger charge is 2.21. The first-order chi connectivity index (χ1) is 17.1. The number of benzene rings is 2. The summed E-state index contributed by atoms with van der Waals surface area (Å²) < 4.78 is 7.35. The third kappa shape index (κ3) is 5.23. The van der Waals surface area contributed by atoms with E-state index in [1.54, 1.807) is 28.8 Å². The van der Waals surface area contributed by atoms with E-state index in [9.17, 15) is 9.59 Å². The minimum atomic E-state index is -0.207. The number of carbonyl (C=O) groups is 2. The van der Waals surface area contributed by atoms with Crippen LogP contribution in [-0.2, 0) is 10.5 Å². The number of ether oxygens (including phenoxy) is 1. The molecule has 5 rings (SSSR count). The molecule has 1 fully saturated rings. The molecule has 1 saturated heterocycles. The second-order valence-corrected chi connectivity index (χ2v) is 9.40. The number of thioether (sulfide) groups is 1. The molecule has 35 heavy (non-hydrogen) atoms. The number of nitrogens with one attached hydrogen (secondary N) is 1. The molecule has 1 N–H and O–H groups in total. The van der Waals surface area contributed by atoms with Crippen molar-refractivity contribution < 1.29 is 14.3 Å². The van der Waals surface area contributed by atoms with Crippen LogP contribution in [0.5, 0.6) is 0 Å². The molecule has 7 nitrogen and oxygen atoms in total. The van der Waals surface area contributed by atoms with Crippen LogP contribution in [0.25, 0.3) is 5.65 Å².